The van der Waals surface area contributed by atoms with Gasteiger partial charge in [-0.05, 0) is 18.5 Å². The number of ether oxygens (including phenoxy) is 1. The molecule has 1 saturated heterocycles. The quantitative estimate of drug-likeness (QED) is 0.829. The zero-order valence-electron chi connectivity index (χ0n) is 9.64. The molecule has 1 unspecified atom stereocenters. The Morgan fingerprint density at radius 3 is 2.88 bits per heavy atom. The van der Waals surface area contributed by atoms with Crippen LogP contribution in [0.25, 0.3) is 0 Å². The molecule has 1 aromatic carbocycles. The van der Waals surface area contributed by atoms with Gasteiger partial charge in [0.05, 0.1) is 13.2 Å². The molecule has 1 aromatic rings. The van der Waals surface area contributed by atoms with Crippen LogP contribution in [0.3, 0.4) is 0 Å². The number of morpholine rings is 1. The molecule has 0 radical (unpaired) electrons. The first kappa shape index (κ1) is 11.6. The molecule has 0 amide bonds. The van der Waals surface area contributed by atoms with Crippen molar-refractivity contribution in [2.24, 2.45) is 5.73 Å². The van der Waals surface area contributed by atoms with Crippen LogP contribution in [-0.2, 0) is 11.3 Å². The van der Waals surface area contributed by atoms with E-state index in [0.29, 0.717) is 6.04 Å². The lowest BCUT2D eigenvalue weighted by Gasteiger charge is -2.35. The average molecular weight is 220 g/mol. The minimum Gasteiger partial charge on any atom is -0.378 e. The summed E-state index contributed by atoms with van der Waals surface area (Å²) < 4.78 is 5.51. The third-order valence-corrected chi connectivity index (χ3v) is 3.08. The van der Waals surface area contributed by atoms with Gasteiger partial charge in [0.15, 0.2) is 0 Å². The highest BCUT2D eigenvalue weighted by molar-refractivity contribution is 5.14. The first-order valence-corrected chi connectivity index (χ1v) is 5.96. The Hall–Kier alpha value is -0.900. The molecule has 2 rings (SSSR count). The number of nitrogens with zero attached hydrogens (tertiary/aromatic N) is 1. The van der Waals surface area contributed by atoms with E-state index in [-0.39, 0.29) is 0 Å². The molecule has 0 bridgehead atoms. The van der Waals surface area contributed by atoms with E-state index in [1.165, 1.54) is 5.56 Å². The highest BCUT2D eigenvalue weighted by Crippen LogP contribution is 2.14. The summed E-state index contributed by atoms with van der Waals surface area (Å²) >= 11 is 0. The van der Waals surface area contributed by atoms with E-state index in [4.69, 9.17) is 10.5 Å². The van der Waals surface area contributed by atoms with Gasteiger partial charge in [-0.2, -0.15) is 0 Å². The molecule has 1 heterocycles. The van der Waals surface area contributed by atoms with Crippen molar-refractivity contribution in [3.05, 3.63) is 35.9 Å². The molecule has 0 saturated carbocycles. The van der Waals surface area contributed by atoms with Crippen LogP contribution in [0, 0.1) is 0 Å². The fourth-order valence-corrected chi connectivity index (χ4v) is 2.17. The Morgan fingerprint density at radius 1 is 1.31 bits per heavy atom. The predicted octanol–water partition coefficient (Wildman–Crippen LogP) is 1.24. The minimum atomic E-state index is 0.485. The third-order valence-electron chi connectivity index (χ3n) is 3.08. The largest absolute Gasteiger partial charge is 0.378 e. The van der Waals surface area contributed by atoms with Crippen LogP contribution < -0.4 is 5.73 Å². The monoisotopic (exact) mass is 220 g/mol. The summed E-state index contributed by atoms with van der Waals surface area (Å²) in [7, 11) is 0. The summed E-state index contributed by atoms with van der Waals surface area (Å²) in [5, 5.41) is 0. The summed E-state index contributed by atoms with van der Waals surface area (Å²) in [5.74, 6) is 0. The lowest BCUT2D eigenvalue weighted by atomic mass is 10.1. The van der Waals surface area contributed by atoms with Gasteiger partial charge in [-0.25, -0.2) is 0 Å². The number of nitrogens with two attached hydrogens (primary N) is 1. The molecule has 0 aromatic heterocycles. The molecular formula is C13H20N2O. The van der Waals surface area contributed by atoms with Gasteiger partial charge in [0.2, 0.25) is 0 Å². The Bertz CT molecular complexity index is 300. The second-order valence-corrected chi connectivity index (χ2v) is 4.26. The van der Waals surface area contributed by atoms with Gasteiger partial charge in [0, 0.05) is 19.1 Å². The van der Waals surface area contributed by atoms with E-state index in [2.05, 4.69) is 35.2 Å². The third kappa shape index (κ3) is 3.04. The van der Waals surface area contributed by atoms with Gasteiger partial charge in [0.1, 0.15) is 0 Å². The number of hydrogen-bond donors (Lipinski definition) is 1. The molecule has 0 aliphatic carbocycles. The maximum absolute atomic E-state index is 5.63. The van der Waals surface area contributed by atoms with E-state index < -0.39 is 0 Å². The van der Waals surface area contributed by atoms with Crippen LogP contribution in [0.1, 0.15) is 12.0 Å². The number of benzene rings is 1. The predicted molar refractivity (Wildman–Crippen MR) is 65.1 cm³/mol. The fourth-order valence-electron chi connectivity index (χ4n) is 2.17. The van der Waals surface area contributed by atoms with Crippen molar-refractivity contribution in [1.29, 1.82) is 0 Å². The molecule has 1 aliphatic heterocycles. The normalized spacial score (nSPS) is 22.2. The number of rotatable bonds is 4. The van der Waals surface area contributed by atoms with Crippen molar-refractivity contribution in [2.75, 3.05) is 26.3 Å². The van der Waals surface area contributed by atoms with Crippen molar-refractivity contribution in [1.82, 2.24) is 4.90 Å². The summed E-state index contributed by atoms with van der Waals surface area (Å²) in [6.45, 7) is 4.42. The molecule has 1 aliphatic rings. The highest BCUT2D eigenvalue weighted by atomic mass is 16.5. The zero-order valence-corrected chi connectivity index (χ0v) is 9.64. The topological polar surface area (TPSA) is 38.5 Å². The van der Waals surface area contributed by atoms with Crippen LogP contribution in [0.4, 0.5) is 0 Å². The Balaban J connectivity index is 1.96. The molecule has 1 atom stereocenters. The minimum absolute atomic E-state index is 0.485. The Morgan fingerprint density at radius 2 is 2.12 bits per heavy atom. The second-order valence-electron chi connectivity index (χ2n) is 4.26. The van der Waals surface area contributed by atoms with Crippen molar-refractivity contribution < 1.29 is 4.74 Å². The van der Waals surface area contributed by atoms with Crippen LogP contribution in [0.15, 0.2) is 30.3 Å². The smallest absolute Gasteiger partial charge is 0.0623 e. The van der Waals surface area contributed by atoms with E-state index in [1.807, 2.05) is 0 Å². The lowest BCUT2D eigenvalue weighted by molar-refractivity contribution is -0.0135. The molecule has 3 heteroatoms. The van der Waals surface area contributed by atoms with E-state index >= 15 is 0 Å². The molecule has 88 valence electrons. The molecule has 0 spiro atoms. The first-order valence-electron chi connectivity index (χ1n) is 5.96. The average Bonchev–Trinajstić information content (AvgIpc) is 2.33. The van der Waals surface area contributed by atoms with E-state index in [9.17, 15) is 0 Å². The van der Waals surface area contributed by atoms with Crippen molar-refractivity contribution in [2.45, 2.75) is 19.0 Å². The summed E-state index contributed by atoms with van der Waals surface area (Å²) in [6, 6.07) is 11.1. The van der Waals surface area contributed by atoms with Crippen LogP contribution in [-0.4, -0.2) is 37.2 Å². The summed E-state index contributed by atoms with van der Waals surface area (Å²) in [4.78, 5) is 2.48. The molecule has 3 nitrogen and oxygen atoms in total. The van der Waals surface area contributed by atoms with Gasteiger partial charge in [0.25, 0.3) is 0 Å². The molecular weight excluding hydrogens is 200 g/mol. The van der Waals surface area contributed by atoms with Gasteiger partial charge in [-0.15, -0.1) is 0 Å². The van der Waals surface area contributed by atoms with Crippen LogP contribution >= 0.6 is 0 Å². The van der Waals surface area contributed by atoms with Crippen LogP contribution in [0.2, 0.25) is 0 Å². The van der Waals surface area contributed by atoms with Crippen LogP contribution in [0.5, 0.6) is 0 Å². The summed E-state index contributed by atoms with van der Waals surface area (Å²) in [6.07, 6.45) is 1.02. The van der Waals surface area contributed by atoms with Crippen molar-refractivity contribution >= 4 is 0 Å². The molecule has 16 heavy (non-hydrogen) atoms. The highest BCUT2D eigenvalue weighted by Gasteiger charge is 2.21. The van der Waals surface area contributed by atoms with E-state index in [0.717, 1.165) is 39.3 Å². The zero-order chi connectivity index (χ0) is 11.2. The summed E-state index contributed by atoms with van der Waals surface area (Å²) in [5.41, 5.74) is 7.00. The van der Waals surface area contributed by atoms with Crippen molar-refractivity contribution in [3.8, 4) is 0 Å². The Kier molecular flexibility index (Phi) is 4.34. The maximum atomic E-state index is 5.63. The van der Waals surface area contributed by atoms with Gasteiger partial charge < -0.3 is 10.5 Å². The molecule has 1 fully saturated rings. The standard InChI is InChI=1S/C13H20N2O/c14-7-6-13-11-16-9-8-15(13)10-12-4-2-1-3-5-12/h1-5,13H,6-11,14H2. The SMILES string of the molecule is NCCC1COCCN1Cc1ccccc1. The number of hydrogen-bond acceptors (Lipinski definition) is 3. The van der Waals surface area contributed by atoms with Gasteiger partial charge in [-0.1, -0.05) is 30.3 Å². The van der Waals surface area contributed by atoms with Crippen molar-refractivity contribution in [3.63, 3.8) is 0 Å². The lowest BCUT2D eigenvalue weighted by Crippen LogP contribution is -2.45. The van der Waals surface area contributed by atoms with Gasteiger partial charge in [-0.3, -0.25) is 4.90 Å². The fraction of sp³-hybridized carbons (Fsp3) is 0.538. The first-order chi connectivity index (χ1) is 7.90. The maximum Gasteiger partial charge on any atom is 0.0623 e. The Labute approximate surface area is 97.2 Å². The second kappa shape index (κ2) is 5.99. The molecule has 2 N–H and O–H groups in total. The van der Waals surface area contributed by atoms with Gasteiger partial charge >= 0.3 is 0 Å². The van der Waals surface area contributed by atoms with E-state index in [1.54, 1.807) is 0 Å².